The van der Waals surface area contributed by atoms with E-state index in [1.165, 1.54) is 11.8 Å². The maximum absolute atomic E-state index is 5.06. The van der Waals surface area contributed by atoms with Crippen molar-refractivity contribution in [3.05, 3.63) is 0 Å². The Balaban J connectivity index is 0.000000150. The summed E-state index contributed by atoms with van der Waals surface area (Å²) in [4.78, 5) is 0. The molecule has 0 amide bonds. The molecular formula is C13H26O2. The summed E-state index contributed by atoms with van der Waals surface area (Å²) >= 11 is 0. The molecule has 0 spiro atoms. The van der Waals surface area contributed by atoms with Gasteiger partial charge in [0.15, 0.2) is 6.29 Å². The average molecular weight is 214 g/mol. The van der Waals surface area contributed by atoms with E-state index in [1.54, 1.807) is 32.1 Å². The second-order valence-corrected chi connectivity index (χ2v) is 4.60. The molecule has 90 valence electrons. The van der Waals surface area contributed by atoms with Gasteiger partial charge in [0.1, 0.15) is 0 Å². The number of rotatable bonds is 4. The first-order chi connectivity index (χ1) is 7.26. The quantitative estimate of drug-likeness (QED) is 0.666. The van der Waals surface area contributed by atoms with Crippen LogP contribution in [-0.4, -0.2) is 19.5 Å². The summed E-state index contributed by atoms with van der Waals surface area (Å²) in [5, 5.41) is 0. The maximum Gasteiger partial charge on any atom is 0.154 e. The molecule has 0 atom stereocenters. The summed E-state index contributed by atoms with van der Waals surface area (Å²) in [6.45, 7) is 7.25. The van der Waals surface area contributed by atoms with Gasteiger partial charge in [-0.25, -0.2) is 0 Å². The molecule has 0 heterocycles. The van der Waals surface area contributed by atoms with E-state index >= 15 is 0 Å². The van der Waals surface area contributed by atoms with Crippen LogP contribution in [0.15, 0.2) is 0 Å². The lowest BCUT2D eigenvalue weighted by atomic mass is 10.0. The van der Waals surface area contributed by atoms with Gasteiger partial charge in [-0.15, -0.1) is 0 Å². The molecule has 2 rings (SSSR count). The van der Waals surface area contributed by atoms with Crippen molar-refractivity contribution in [1.82, 2.24) is 0 Å². The van der Waals surface area contributed by atoms with Crippen molar-refractivity contribution in [3.63, 3.8) is 0 Å². The van der Waals surface area contributed by atoms with E-state index in [1.807, 2.05) is 20.8 Å². The molecule has 0 aromatic heterocycles. The van der Waals surface area contributed by atoms with Crippen LogP contribution >= 0.6 is 0 Å². The van der Waals surface area contributed by atoms with Gasteiger partial charge in [0, 0.05) is 13.2 Å². The van der Waals surface area contributed by atoms with Crippen molar-refractivity contribution < 1.29 is 9.47 Å². The van der Waals surface area contributed by atoms with Crippen molar-refractivity contribution in [2.75, 3.05) is 13.2 Å². The van der Waals surface area contributed by atoms with Gasteiger partial charge >= 0.3 is 0 Å². The smallest absolute Gasteiger partial charge is 0.154 e. The molecule has 15 heavy (non-hydrogen) atoms. The van der Waals surface area contributed by atoms with Crippen LogP contribution in [0.1, 0.15) is 52.9 Å². The summed E-state index contributed by atoms with van der Waals surface area (Å²) in [7, 11) is 0. The minimum atomic E-state index is -0.0370. The van der Waals surface area contributed by atoms with Crippen LogP contribution < -0.4 is 0 Å². The molecule has 0 saturated heterocycles. The molecule has 2 bridgehead atoms. The van der Waals surface area contributed by atoms with Gasteiger partial charge in [-0.05, 0) is 39.0 Å². The highest BCUT2D eigenvalue weighted by Gasteiger charge is 2.30. The maximum atomic E-state index is 5.06. The van der Waals surface area contributed by atoms with E-state index in [9.17, 15) is 0 Å². The number of fused-ring (bicyclic) bond motifs is 2. The topological polar surface area (TPSA) is 18.5 Å². The third-order valence-electron chi connectivity index (χ3n) is 3.44. The second kappa shape index (κ2) is 7.24. The van der Waals surface area contributed by atoms with E-state index in [4.69, 9.17) is 9.47 Å². The van der Waals surface area contributed by atoms with E-state index in [2.05, 4.69) is 0 Å². The number of hydrogen-bond donors (Lipinski definition) is 0. The monoisotopic (exact) mass is 214 g/mol. The summed E-state index contributed by atoms with van der Waals surface area (Å²) in [6.07, 6.45) is 7.79. The Morgan fingerprint density at radius 1 is 0.933 bits per heavy atom. The minimum Gasteiger partial charge on any atom is -0.353 e. The minimum absolute atomic E-state index is 0.0370. The lowest BCUT2D eigenvalue weighted by Crippen LogP contribution is -2.11. The number of ether oxygens (including phenoxy) is 2. The van der Waals surface area contributed by atoms with Crippen molar-refractivity contribution in [1.29, 1.82) is 0 Å². The third-order valence-corrected chi connectivity index (χ3v) is 3.44. The Kier molecular flexibility index (Phi) is 6.26. The van der Waals surface area contributed by atoms with Crippen LogP contribution in [-0.2, 0) is 9.47 Å². The fraction of sp³-hybridized carbons (Fsp3) is 1.00. The zero-order valence-corrected chi connectivity index (χ0v) is 10.5. The van der Waals surface area contributed by atoms with Crippen molar-refractivity contribution in [3.8, 4) is 0 Å². The third kappa shape index (κ3) is 4.98. The molecule has 0 unspecified atom stereocenters. The largest absolute Gasteiger partial charge is 0.353 e. The normalized spacial score (nSPS) is 28.0. The first-order valence-electron chi connectivity index (χ1n) is 6.49. The van der Waals surface area contributed by atoms with Crippen LogP contribution in [0.5, 0.6) is 0 Å². The SMILES string of the molecule is C1CC2CCC1C2.CCOC(C)OCC. The molecule has 0 radical (unpaired) electrons. The predicted octanol–water partition coefficient (Wildman–Crippen LogP) is 3.60. The van der Waals surface area contributed by atoms with Gasteiger partial charge in [-0.1, -0.05) is 25.7 Å². The summed E-state index contributed by atoms with van der Waals surface area (Å²) in [5.74, 6) is 2.34. The first kappa shape index (κ1) is 13.0. The van der Waals surface area contributed by atoms with Gasteiger partial charge in [-0.2, -0.15) is 0 Å². The van der Waals surface area contributed by atoms with Crippen LogP contribution in [0, 0.1) is 11.8 Å². The fourth-order valence-electron chi connectivity index (χ4n) is 2.69. The molecule has 0 aliphatic heterocycles. The van der Waals surface area contributed by atoms with Gasteiger partial charge < -0.3 is 9.47 Å². The molecule has 2 aliphatic rings. The van der Waals surface area contributed by atoms with Crippen molar-refractivity contribution in [2.24, 2.45) is 11.8 Å². The van der Waals surface area contributed by atoms with Crippen LogP contribution in [0.4, 0.5) is 0 Å². The molecule has 2 saturated carbocycles. The summed E-state index contributed by atoms with van der Waals surface area (Å²) < 4.78 is 10.1. The van der Waals surface area contributed by atoms with E-state index in [-0.39, 0.29) is 6.29 Å². The van der Waals surface area contributed by atoms with Gasteiger partial charge in [0.25, 0.3) is 0 Å². The van der Waals surface area contributed by atoms with Gasteiger partial charge in [0.05, 0.1) is 0 Å². The number of hydrogen-bond acceptors (Lipinski definition) is 2. The zero-order chi connectivity index (χ0) is 11.1. The molecule has 0 N–H and O–H groups in total. The highest BCUT2D eigenvalue weighted by molar-refractivity contribution is 4.82. The Morgan fingerprint density at radius 3 is 1.53 bits per heavy atom. The Morgan fingerprint density at radius 2 is 1.33 bits per heavy atom. The summed E-state index contributed by atoms with van der Waals surface area (Å²) in [6, 6.07) is 0. The Bertz CT molecular complexity index is 135. The van der Waals surface area contributed by atoms with Crippen molar-refractivity contribution >= 4 is 0 Å². The van der Waals surface area contributed by atoms with Crippen molar-refractivity contribution in [2.45, 2.75) is 59.2 Å². The highest BCUT2D eigenvalue weighted by atomic mass is 16.7. The lowest BCUT2D eigenvalue weighted by molar-refractivity contribution is -0.123. The van der Waals surface area contributed by atoms with E-state index in [0.29, 0.717) is 0 Å². The molecule has 0 aromatic rings. The lowest BCUT2D eigenvalue weighted by Gasteiger charge is -2.09. The predicted molar refractivity (Wildman–Crippen MR) is 62.8 cm³/mol. The molecule has 0 aromatic carbocycles. The Hall–Kier alpha value is -0.0800. The zero-order valence-electron chi connectivity index (χ0n) is 10.5. The molecule has 2 fully saturated rings. The molecular weight excluding hydrogens is 188 g/mol. The molecule has 2 nitrogen and oxygen atoms in total. The average Bonchev–Trinajstić information content (AvgIpc) is 2.82. The Labute approximate surface area is 94.3 Å². The molecule has 2 aliphatic carbocycles. The molecule has 2 heteroatoms. The van der Waals surface area contributed by atoms with Crippen LogP contribution in [0.25, 0.3) is 0 Å². The summed E-state index contributed by atoms with van der Waals surface area (Å²) in [5.41, 5.74) is 0. The first-order valence-corrected chi connectivity index (χ1v) is 6.49. The highest BCUT2D eigenvalue weighted by Crippen LogP contribution is 2.43. The van der Waals surface area contributed by atoms with E-state index in [0.717, 1.165) is 13.2 Å². The van der Waals surface area contributed by atoms with Crippen LogP contribution in [0.3, 0.4) is 0 Å². The van der Waals surface area contributed by atoms with Gasteiger partial charge in [-0.3, -0.25) is 0 Å². The van der Waals surface area contributed by atoms with Crippen LogP contribution in [0.2, 0.25) is 0 Å². The second-order valence-electron chi connectivity index (χ2n) is 4.60. The van der Waals surface area contributed by atoms with Gasteiger partial charge in [0.2, 0.25) is 0 Å². The standard InChI is InChI=1S/C7H12.C6H14O2/c1-2-7-4-3-6(1)5-7;1-4-7-6(3)8-5-2/h6-7H,1-5H2;6H,4-5H2,1-3H3. The fourth-order valence-corrected chi connectivity index (χ4v) is 2.69. The van der Waals surface area contributed by atoms with E-state index < -0.39 is 0 Å².